The summed E-state index contributed by atoms with van der Waals surface area (Å²) in [5.41, 5.74) is -0.128. The molecular formula is C19H38N2O2. The van der Waals surface area contributed by atoms with Crippen LogP contribution in [0.4, 0.5) is 4.79 Å². The second-order valence-electron chi connectivity index (χ2n) is 8.16. The summed E-state index contributed by atoms with van der Waals surface area (Å²) in [5.74, 6) is 0. The van der Waals surface area contributed by atoms with E-state index in [0.29, 0.717) is 0 Å². The number of carbonyl (C=O) groups excluding carboxylic acids is 1. The summed E-state index contributed by atoms with van der Waals surface area (Å²) in [5, 5.41) is 0. The number of amides is 1. The van der Waals surface area contributed by atoms with Gasteiger partial charge in [-0.15, -0.1) is 0 Å². The Kier molecular flexibility index (Phi) is 7.85. The van der Waals surface area contributed by atoms with E-state index in [9.17, 15) is 4.79 Å². The highest BCUT2D eigenvalue weighted by Crippen LogP contribution is 2.29. The Balaban J connectivity index is 2.58. The molecule has 1 fully saturated rings. The minimum atomic E-state index is -0.412. The van der Waals surface area contributed by atoms with E-state index in [1.54, 1.807) is 0 Å². The second kappa shape index (κ2) is 8.91. The molecule has 1 aliphatic heterocycles. The molecule has 0 radical (unpaired) electrons. The van der Waals surface area contributed by atoms with Crippen LogP contribution in [-0.4, -0.2) is 53.2 Å². The molecule has 1 saturated heterocycles. The van der Waals surface area contributed by atoms with E-state index in [4.69, 9.17) is 4.74 Å². The molecule has 0 saturated carbocycles. The van der Waals surface area contributed by atoms with E-state index >= 15 is 0 Å². The Morgan fingerprint density at radius 2 is 1.39 bits per heavy atom. The molecule has 136 valence electrons. The third-order valence-electron chi connectivity index (χ3n) is 4.83. The fourth-order valence-electron chi connectivity index (χ4n) is 3.31. The molecule has 1 heterocycles. The molecule has 1 aliphatic rings. The van der Waals surface area contributed by atoms with Crippen LogP contribution < -0.4 is 0 Å². The molecule has 0 aromatic heterocycles. The van der Waals surface area contributed by atoms with Crippen LogP contribution in [0.15, 0.2) is 0 Å². The maximum Gasteiger partial charge on any atom is 0.410 e. The van der Waals surface area contributed by atoms with Crippen LogP contribution in [0.2, 0.25) is 0 Å². The van der Waals surface area contributed by atoms with Gasteiger partial charge in [-0.2, -0.15) is 0 Å². The van der Waals surface area contributed by atoms with Gasteiger partial charge in [0.2, 0.25) is 0 Å². The molecule has 0 aromatic rings. The van der Waals surface area contributed by atoms with Crippen LogP contribution in [0.3, 0.4) is 0 Å². The minimum Gasteiger partial charge on any atom is -0.444 e. The standard InChI is InChI=1S/C19H38N2O2/c1-7-9-11-19(6,12-10-8-2)21-15-13-20(14-16-21)17(22)23-18(3,4)5/h7-16H2,1-6H3. The van der Waals surface area contributed by atoms with Gasteiger partial charge in [-0.25, -0.2) is 4.79 Å². The van der Waals surface area contributed by atoms with E-state index < -0.39 is 5.60 Å². The number of nitrogens with zero attached hydrogens (tertiary/aromatic N) is 2. The zero-order valence-corrected chi connectivity index (χ0v) is 16.3. The lowest BCUT2D eigenvalue weighted by Gasteiger charge is -2.46. The topological polar surface area (TPSA) is 32.8 Å². The quantitative estimate of drug-likeness (QED) is 0.681. The Morgan fingerprint density at radius 3 is 1.78 bits per heavy atom. The van der Waals surface area contributed by atoms with Crippen LogP contribution in [0.1, 0.15) is 80.1 Å². The summed E-state index contributed by atoms with van der Waals surface area (Å²) >= 11 is 0. The number of piperazine rings is 1. The lowest BCUT2D eigenvalue weighted by Crippen LogP contribution is -2.57. The zero-order valence-electron chi connectivity index (χ0n) is 16.3. The van der Waals surface area contributed by atoms with Gasteiger partial charge in [-0.3, -0.25) is 4.90 Å². The molecule has 0 unspecified atom stereocenters. The van der Waals surface area contributed by atoms with E-state index in [1.807, 2.05) is 25.7 Å². The summed E-state index contributed by atoms with van der Waals surface area (Å²) < 4.78 is 5.50. The molecule has 0 aromatic carbocycles. The predicted octanol–water partition coefficient (Wildman–Crippen LogP) is 4.68. The number of hydrogen-bond donors (Lipinski definition) is 0. The van der Waals surface area contributed by atoms with Gasteiger partial charge < -0.3 is 9.64 Å². The van der Waals surface area contributed by atoms with Crippen molar-refractivity contribution in [2.24, 2.45) is 0 Å². The van der Waals surface area contributed by atoms with Crippen molar-refractivity contribution in [3.63, 3.8) is 0 Å². The summed E-state index contributed by atoms with van der Waals surface area (Å²) in [7, 11) is 0. The van der Waals surface area contributed by atoms with Crippen LogP contribution >= 0.6 is 0 Å². The van der Waals surface area contributed by atoms with Crippen LogP contribution in [0.25, 0.3) is 0 Å². The van der Waals surface area contributed by atoms with Gasteiger partial charge in [-0.1, -0.05) is 39.5 Å². The van der Waals surface area contributed by atoms with Gasteiger partial charge in [0.25, 0.3) is 0 Å². The fourth-order valence-corrected chi connectivity index (χ4v) is 3.31. The van der Waals surface area contributed by atoms with E-state index in [1.165, 1.54) is 38.5 Å². The van der Waals surface area contributed by atoms with Gasteiger partial charge in [0, 0.05) is 31.7 Å². The second-order valence-corrected chi connectivity index (χ2v) is 8.16. The average Bonchev–Trinajstić information content (AvgIpc) is 2.49. The fraction of sp³-hybridized carbons (Fsp3) is 0.947. The summed E-state index contributed by atoms with van der Waals surface area (Å²) in [6, 6.07) is 0. The zero-order chi connectivity index (χ0) is 17.5. The first-order valence-corrected chi connectivity index (χ1v) is 9.45. The van der Waals surface area contributed by atoms with Gasteiger partial charge in [0.05, 0.1) is 0 Å². The van der Waals surface area contributed by atoms with Gasteiger partial charge in [0.15, 0.2) is 0 Å². The highest BCUT2D eigenvalue weighted by Gasteiger charge is 2.34. The molecule has 1 rings (SSSR count). The van der Waals surface area contributed by atoms with E-state index in [2.05, 4.69) is 25.7 Å². The molecule has 0 spiro atoms. The van der Waals surface area contributed by atoms with Gasteiger partial charge in [0.1, 0.15) is 5.60 Å². The Hall–Kier alpha value is -0.770. The van der Waals surface area contributed by atoms with Crippen molar-refractivity contribution in [1.29, 1.82) is 0 Å². The summed E-state index contributed by atoms with van der Waals surface area (Å²) in [4.78, 5) is 16.7. The lowest BCUT2D eigenvalue weighted by molar-refractivity contribution is -0.00493. The minimum absolute atomic E-state index is 0.166. The van der Waals surface area contributed by atoms with Crippen molar-refractivity contribution in [1.82, 2.24) is 9.80 Å². The van der Waals surface area contributed by atoms with Crippen molar-refractivity contribution in [3.05, 3.63) is 0 Å². The van der Waals surface area contributed by atoms with Crippen LogP contribution in [0.5, 0.6) is 0 Å². The number of hydrogen-bond acceptors (Lipinski definition) is 3. The average molecular weight is 327 g/mol. The largest absolute Gasteiger partial charge is 0.444 e. The highest BCUT2D eigenvalue weighted by atomic mass is 16.6. The number of unbranched alkanes of at least 4 members (excludes halogenated alkanes) is 2. The lowest BCUT2D eigenvalue weighted by atomic mass is 9.86. The van der Waals surface area contributed by atoms with Gasteiger partial charge in [-0.05, 0) is 40.5 Å². The molecule has 4 heteroatoms. The number of ether oxygens (including phenoxy) is 1. The van der Waals surface area contributed by atoms with E-state index in [-0.39, 0.29) is 11.6 Å². The van der Waals surface area contributed by atoms with Crippen molar-refractivity contribution >= 4 is 6.09 Å². The monoisotopic (exact) mass is 326 g/mol. The molecule has 4 nitrogen and oxygen atoms in total. The van der Waals surface area contributed by atoms with Gasteiger partial charge >= 0.3 is 6.09 Å². The first-order chi connectivity index (χ1) is 10.7. The smallest absolute Gasteiger partial charge is 0.410 e. The molecular weight excluding hydrogens is 288 g/mol. The number of carbonyl (C=O) groups is 1. The Bertz CT molecular complexity index is 347. The SMILES string of the molecule is CCCCC(C)(CCCC)N1CCN(C(=O)OC(C)(C)C)CC1. The first kappa shape index (κ1) is 20.3. The normalized spacial score (nSPS) is 17.4. The maximum atomic E-state index is 12.2. The van der Waals surface area contributed by atoms with Crippen LogP contribution in [-0.2, 0) is 4.74 Å². The summed E-state index contributed by atoms with van der Waals surface area (Å²) in [6.45, 7) is 16.2. The third-order valence-corrected chi connectivity index (χ3v) is 4.83. The highest BCUT2D eigenvalue weighted by molar-refractivity contribution is 5.68. The molecule has 0 aliphatic carbocycles. The van der Waals surface area contributed by atoms with E-state index in [0.717, 1.165) is 26.2 Å². The van der Waals surface area contributed by atoms with Crippen molar-refractivity contribution in [2.75, 3.05) is 26.2 Å². The van der Waals surface area contributed by atoms with Crippen LogP contribution in [0, 0.1) is 0 Å². The molecule has 0 N–H and O–H groups in total. The molecule has 0 bridgehead atoms. The third kappa shape index (κ3) is 6.70. The Morgan fingerprint density at radius 1 is 0.913 bits per heavy atom. The summed E-state index contributed by atoms with van der Waals surface area (Å²) in [6.07, 6.45) is 7.42. The maximum absolute atomic E-state index is 12.2. The molecule has 0 atom stereocenters. The van der Waals surface area contributed by atoms with Crippen molar-refractivity contribution < 1.29 is 9.53 Å². The predicted molar refractivity (Wildman–Crippen MR) is 96.8 cm³/mol. The first-order valence-electron chi connectivity index (χ1n) is 9.45. The molecule has 1 amide bonds. The van der Waals surface area contributed by atoms with Crippen molar-refractivity contribution in [3.8, 4) is 0 Å². The van der Waals surface area contributed by atoms with Crippen molar-refractivity contribution in [2.45, 2.75) is 91.2 Å². The Labute approximate surface area is 143 Å². The molecule has 23 heavy (non-hydrogen) atoms. The number of rotatable bonds is 7.